The molecule has 2 aliphatic carbocycles. The van der Waals surface area contributed by atoms with Gasteiger partial charge in [-0.1, -0.05) is 45.4 Å². The highest BCUT2D eigenvalue weighted by Crippen LogP contribution is 2.56. The Morgan fingerprint density at radius 2 is 1.72 bits per heavy atom. The van der Waals surface area contributed by atoms with E-state index >= 15 is 0 Å². The van der Waals surface area contributed by atoms with Crippen LogP contribution in [0, 0.1) is 5.41 Å². The van der Waals surface area contributed by atoms with E-state index in [0.29, 0.717) is 5.41 Å². The van der Waals surface area contributed by atoms with E-state index in [1.165, 1.54) is 48.8 Å². The van der Waals surface area contributed by atoms with Gasteiger partial charge >= 0.3 is 0 Å². The predicted molar refractivity (Wildman–Crippen MR) is 87.6 cm³/mol. The summed E-state index contributed by atoms with van der Waals surface area (Å²) in [5.74, 6) is 0.836. The highest BCUT2D eigenvalue weighted by molar-refractivity contribution is 14.1. The highest BCUT2D eigenvalue weighted by Gasteiger charge is 2.43. The van der Waals surface area contributed by atoms with Crippen LogP contribution in [-0.2, 0) is 3.07 Å². The standard InChI is InChI=1S/C14H19IO.C2H6/c1-10(2)13-12(11(3)16-15)6-9-14(13)7-4-5-8-14;1-2/h1,3-9H2,2H3;1-2H3. The molecule has 0 aliphatic heterocycles. The first-order valence-corrected chi connectivity index (χ1v) is 7.86. The lowest BCUT2D eigenvalue weighted by Gasteiger charge is -2.28. The SMILES string of the molecule is C=C(C)C1=C(C(=C)OI)CCC12CCCC2.CC. The molecule has 0 unspecified atom stereocenters. The second-order valence-electron chi connectivity index (χ2n) is 5.12. The number of rotatable bonds is 3. The molecule has 0 saturated heterocycles. The Morgan fingerprint density at radius 3 is 2.17 bits per heavy atom. The molecule has 102 valence electrons. The van der Waals surface area contributed by atoms with E-state index in [1.807, 2.05) is 36.9 Å². The smallest absolute Gasteiger partial charge is 0.192 e. The summed E-state index contributed by atoms with van der Waals surface area (Å²) < 4.78 is 5.29. The Labute approximate surface area is 126 Å². The van der Waals surface area contributed by atoms with E-state index in [2.05, 4.69) is 20.1 Å². The third-order valence-corrected chi connectivity index (χ3v) is 4.63. The van der Waals surface area contributed by atoms with Crippen LogP contribution in [0.2, 0.25) is 0 Å². The molecule has 1 spiro atoms. The maximum Gasteiger partial charge on any atom is 0.192 e. The fraction of sp³-hybridized carbons (Fsp3) is 0.625. The van der Waals surface area contributed by atoms with Gasteiger partial charge in [-0.15, -0.1) is 0 Å². The Morgan fingerprint density at radius 1 is 1.17 bits per heavy atom. The summed E-state index contributed by atoms with van der Waals surface area (Å²) in [5.41, 5.74) is 4.42. The lowest BCUT2D eigenvalue weighted by molar-refractivity contribution is 0.369. The zero-order valence-electron chi connectivity index (χ0n) is 11.9. The molecule has 2 rings (SSSR count). The molecule has 0 aromatic heterocycles. The molecule has 0 aromatic rings. The van der Waals surface area contributed by atoms with Crippen molar-refractivity contribution in [3.05, 3.63) is 35.6 Å². The van der Waals surface area contributed by atoms with Crippen LogP contribution >= 0.6 is 23.0 Å². The highest BCUT2D eigenvalue weighted by atomic mass is 127. The van der Waals surface area contributed by atoms with Gasteiger partial charge in [-0.05, 0) is 49.2 Å². The number of halogens is 1. The van der Waals surface area contributed by atoms with Gasteiger partial charge in [0.15, 0.2) is 23.0 Å². The molecule has 0 radical (unpaired) electrons. The second-order valence-corrected chi connectivity index (χ2v) is 5.56. The monoisotopic (exact) mass is 360 g/mol. The predicted octanol–water partition coefficient (Wildman–Crippen LogP) is 6.12. The average Bonchev–Trinajstić information content (AvgIpc) is 2.99. The molecule has 0 amide bonds. The van der Waals surface area contributed by atoms with Gasteiger partial charge in [-0.3, -0.25) is 0 Å². The van der Waals surface area contributed by atoms with Crippen molar-refractivity contribution in [2.75, 3.05) is 0 Å². The van der Waals surface area contributed by atoms with Crippen molar-refractivity contribution < 1.29 is 3.07 Å². The van der Waals surface area contributed by atoms with Crippen LogP contribution in [0.4, 0.5) is 0 Å². The van der Waals surface area contributed by atoms with Crippen molar-refractivity contribution >= 4 is 23.0 Å². The van der Waals surface area contributed by atoms with Crippen LogP contribution < -0.4 is 0 Å². The van der Waals surface area contributed by atoms with E-state index in [0.717, 1.165) is 12.2 Å². The van der Waals surface area contributed by atoms with Gasteiger partial charge < -0.3 is 3.07 Å². The van der Waals surface area contributed by atoms with Crippen LogP contribution in [0.25, 0.3) is 0 Å². The molecule has 18 heavy (non-hydrogen) atoms. The Bertz CT molecular complexity index is 359. The van der Waals surface area contributed by atoms with Gasteiger partial charge in [0.2, 0.25) is 0 Å². The van der Waals surface area contributed by atoms with Gasteiger partial charge in [-0.2, -0.15) is 0 Å². The largest absolute Gasteiger partial charge is 0.428 e. The van der Waals surface area contributed by atoms with Crippen molar-refractivity contribution in [1.82, 2.24) is 0 Å². The Hall–Kier alpha value is -0.250. The minimum Gasteiger partial charge on any atom is -0.428 e. The molecule has 2 aliphatic rings. The molecule has 0 atom stereocenters. The Balaban J connectivity index is 0.000000771. The summed E-state index contributed by atoms with van der Waals surface area (Å²) in [6, 6.07) is 0. The van der Waals surface area contributed by atoms with E-state index in [9.17, 15) is 0 Å². The van der Waals surface area contributed by atoms with Crippen molar-refractivity contribution in [1.29, 1.82) is 0 Å². The van der Waals surface area contributed by atoms with E-state index in [1.54, 1.807) is 0 Å². The second kappa shape index (κ2) is 6.78. The molecule has 1 saturated carbocycles. The molecule has 0 aromatic carbocycles. The first-order valence-electron chi connectivity index (χ1n) is 6.98. The van der Waals surface area contributed by atoms with Gasteiger partial charge in [0, 0.05) is 0 Å². The molecule has 1 nitrogen and oxygen atoms in total. The van der Waals surface area contributed by atoms with Crippen molar-refractivity contribution in [2.24, 2.45) is 5.41 Å². The van der Waals surface area contributed by atoms with Crippen LogP contribution in [0.5, 0.6) is 0 Å². The van der Waals surface area contributed by atoms with Crippen LogP contribution in [0.3, 0.4) is 0 Å². The third-order valence-electron chi connectivity index (χ3n) is 4.10. The van der Waals surface area contributed by atoms with Crippen LogP contribution in [0.1, 0.15) is 59.3 Å². The van der Waals surface area contributed by atoms with Crippen LogP contribution in [0.15, 0.2) is 35.6 Å². The summed E-state index contributed by atoms with van der Waals surface area (Å²) in [5, 5.41) is 0. The number of hydrogen-bond donors (Lipinski definition) is 0. The Kier molecular flexibility index (Phi) is 5.96. The van der Waals surface area contributed by atoms with Crippen molar-refractivity contribution in [3.8, 4) is 0 Å². The summed E-state index contributed by atoms with van der Waals surface area (Å²) in [6.07, 6.45) is 7.76. The first-order chi connectivity index (χ1) is 8.60. The molecular weight excluding hydrogens is 335 g/mol. The fourth-order valence-electron chi connectivity index (χ4n) is 3.52. The minimum absolute atomic E-state index is 0.416. The summed E-state index contributed by atoms with van der Waals surface area (Å²) in [7, 11) is 0. The fourth-order valence-corrected chi connectivity index (χ4v) is 3.79. The topological polar surface area (TPSA) is 9.23 Å². The van der Waals surface area contributed by atoms with Gasteiger partial charge in [0.1, 0.15) is 5.76 Å². The van der Waals surface area contributed by atoms with E-state index < -0.39 is 0 Å². The molecule has 0 bridgehead atoms. The van der Waals surface area contributed by atoms with E-state index in [-0.39, 0.29) is 0 Å². The quantitative estimate of drug-likeness (QED) is 0.435. The average molecular weight is 360 g/mol. The number of hydrogen-bond acceptors (Lipinski definition) is 1. The maximum atomic E-state index is 5.29. The normalized spacial score (nSPS) is 20.7. The zero-order valence-corrected chi connectivity index (χ0v) is 14.1. The maximum absolute atomic E-state index is 5.29. The van der Waals surface area contributed by atoms with Crippen LogP contribution in [-0.4, -0.2) is 0 Å². The summed E-state index contributed by atoms with van der Waals surface area (Å²) in [4.78, 5) is 0. The lowest BCUT2D eigenvalue weighted by atomic mass is 9.76. The first kappa shape index (κ1) is 15.8. The van der Waals surface area contributed by atoms with Gasteiger partial charge in [0.05, 0.1) is 0 Å². The molecular formula is C16H25IO. The molecule has 0 N–H and O–H groups in total. The summed E-state index contributed by atoms with van der Waals surface area (Å²) >= 11 is 1.92. The summed E-state index contributed by atoms with van der Waals surface area (Å²) in [6.45, 7) is 14.3. The lowest BCUT2D eigenvalue weighted by Crippen LogP contribution is -2.16. The van der Waals surface area contributed by atoms with E-state index in [4.69, 9.17) is 3.07 Å². The van der Waals surface area contributed by atoms with Gasteiger partial charge in [0.25, 0.3) is 0 Å². The van der Waals surface area contributed by atoms with Gasteiger partial charge in [-0.25, -0.2) is 0 Å². The third kappa shape index (κ3) is 2.84. The molecule has 0 heterocycles. The number of allylic oxidation sites excluding steroid dienone is 3. The molecule has 2 heteroatoms. The van der Waals surface area contributed by atoms with Crippen molar-refractivity contribution in [2.45, 2.75) is 59.3 Å². The minimum atomic E-state index is 0.416. The van der Waals surface area contributed by atoms with Crippen molar-refractivity contribution in [3.63, 3.8) is 0 Å². The zero-order chi connectivity index (χ0) is 13.8. The molecule has 1 fully saturated rings.